The van der Waals surface area contributed by atoms with Crippen LogP contribution in [0.5, 0.6) is 0 Å². The van der Waals surface area contributed by atoms with Gasteiger partial charge in [0.15, 0.2) is 0 Å². The number of aliphatic carboxylic acids is 1. The van der Waals surface area contributed by atoms with Gasteiger partial charge in [-0.2, -0.15) is 0 Å². The molecule has 1 aromatic heterocycles. The topological polar surface area (TPSA) is 90.5 Å². The van der Waals surface area contributed by atoms with Gasteiger partial charge < -0.3 is 15.0 Å². The molecule has 2 N–H and O–H groups in total. The number of aromatic amines is 1. The number of hydrogen-bond donors (Lipinski definition) is 2. The maximum absolute atomic E-state index is 12.4. The third-order valence-corrected chi connectivity index (χ3v) is 4.08. The molecule has 0 radical (unpaired) electrons. The van der Waals surface area contributed by atoms with Gasteiger partial charge in [0.2, 0.25) is 5.56 Å². The molecule has 2 rings (SSSR count). The second kappa shape index (κ2) is 6.56. The number of carbonyl (C=O) groups excluding carboxylic acids is 1. The van der Waals surface area contributed by atoms with Gasteiger partial charge in [-0.15, -0.1) is 0 Å². The van der Waals surface area contributed by atoms with Gasteiger partial charge in [-0.25, -0.2) is 0 Å². The fourth-order valence-electron chi connectivity index (χ4n) is 2.83. The molecule has 6 heteroatoms. The molecular weight excluding hydrogens is 272 g/mol. The molecule has 0 spiro atoms. The van der Waals surface area contributed by atoms with Gasteiger partial charge in [0.05, 0.1) is 5.56 Å². The van der Waals surface area contributed by atoms with E-state index in [1.165, 1.54) is 18.3 Å². The number of carboxylic acid groups (broad SMARTS) is 1. The van der Waals surface area contributed by atoms with E-state index < -0.39 is 5.97 Å². The molecule has 1 saturated heterocycles. The standard InChI is InChI=1S/C15H20N2O4/c1-10(7-14(19)20)12-3-2-6-17(9-12)15(21)11-4-5-13(18)16-8-11/h4-5,8,10,12H,2-3,6-7,9H2,1H3,(H,16,18)(H,19,20). The summed E-state index contributed by atoms with van der Waals surface area (Å²) in [5.74, 6) is -0.652. The lowest BCUT2D eigenvalue weighted by Gasteiger charge is -2.35. The zero-order valence-electron chi connectivity index (χ0n) is 12.0. The van der Waals surface area contributed by atoms with E-state index in [0.717, 1.165) is 12.8 Å². The smallest absolute Gasteiger partial charge is 0.303 e. The molecule has 0 aliphatic carbocycles. The van der Waals surface area contributed by atoms with E-state index in [-0.39, 0.29) is 29.7 Å². The summed E-state index contributed by atoms with van der Waals surface area (Å²) < 4.78 is 0. The zero-order chi connectivity index (χ0) is 15.4. The lowest BCUT2D eigenvalue weighted by molar-refractivity contribution is -0.138. The molecule has 1 aliphatic heterocycles. The van der Waals surface area contributed by atoms with Crippen LogP contribution >= 0.6 is 0 Å². The number of piperidine rings is 1. The fraction of sp³-hybridized carbons (Fsp3) is 0.533. The number of nitrogens with one attached hydrogen (secondary N) is 1. The molecule has 1 amide bonds. The summed E-state index contributed by atoms with van der Waals surface area (Å²) in [6.45, 7) is 3.17. The molecule has 2 heterocycles. The van der Waals surface area contributed by atoms with E-state index in [4.69, 9.17) is 5.11 Å². The van der Waals surface area contributed by atoms with Crippen molar-refractivity contribution >= 4 is 11.9 Å². The molecule has 0 aromatic carbocycles. The van der Waals surface area contributed by atoms with Crippen molar-refractivity contribution in [2.45, 2.75) is 26.2 Å². The average molecular weight is 292 g/mol. The van der Waals surface area contributed by atoms with Gasteiger partial charge in [-0.1, -0.05) is 6.92 Å². The Hall–Kier alpha value is -2.11. The van der Waals surface area contributed by atoms with Crippen LogP contribution in [-0.4, -0.2) is 40.0 Å². The summed E-state index contributed by atoms with van der Waals surface area (Å²) >= 11 is 0. The molecule has 0 bridgehead atoms. The van der Waals surface area contributed by atoms with Crippen LogP contribution in [0.25, 0.3) is 0 Å². The van der Waals surface area contributed by atoms with E-state index in [1.54, 1.807) is 4.90 Å². The quantitative estimate of drug-likeness (QED) is 0.876. The Balaban J connectivity index is 2.03. The second-order valence-corrected chi connectivity index (χ2v) is 5.67. The van der Waals surface area contributed by atoms with Gasteiger partial charge in [0.25, 0.3) is 5.91 Å². The molecular formula is C15H20N2O4. The predicted octanol–water partition coefficient (Wildman–Crippen LogP) is 1.34. The summed E-state index contributed by atoms with van der Waals surface area (Å²) in [4.78, 5) is 38.5. The summed E-state index contributed by atoms with van der Waals surface area (Å²) in [6, 6.07) is 2.85. The number of carbonyl (C=O) groups is 2. The predicted molar refractivity (Wildman–Crippen MR) is 77.1 cm³/mol. The van der Waals surface area contributed by atoms with Crippen molar-refractivity contribution < 1.29 is 14.7 Å². The van der Waals surface area contributed by atoms with Crippen molar-refractivity contribution in [3.8, 4) is 0 Å². The fourth-order valence-corrected chi connectivity index (χ4v) is 2.83. The first kappa shape index (κ1) is 15.3. The van der Waals surface area contributed by atoms with Crippen molar-refractivity contribution in [1.29, 1.82) is 0 Å². The number of pyridine rings is 1. The lowest BCUT2D eigenvalue weighted by atomic mass is 9.84. The van der Waals surface area contributed by atoms with E-state index in [2.05, 4.69) is 4.98 Å². The number of amides is 1. The maximum atomic E-state index is 12.4. The number of hydrogen-bond acceptors (Lipinski definition) is 3. The van der Waals surface area contributed by atoms with Crippen LogP contribution in [-0.2, 0) is 4.79 Å². The first-order valence-electron chi connectivity index (χ1n) is 7.17. The van der Waals surface area contributed by atoms with Crippen LogP contribution in [0.1, 0.15) is 36.5 Å². The van der Waals surface area contributed by atoms with Crippen molar-refractivity contribution in [3.63, 3.8) is 0 Å². The molecule has 6 nitrogen and oxygen atoms in total. The van der Waals surface area contributed by atoms with Crippen molar-refractivity contribution in [2.75, 3.05) is 13.1 Å². The molecule has 1 aromatic rings. The Morgan fingerprint density at radius 2 is 2.24 bits per heavy atom. The van der Waals surface area contributed by atoms with Crippen LogP contribution in [0, 0.1) is 11.8 Å². The second-order valence-electron chi connectivity index (χ2n) is 5.67. The van der Waals surface area contributed by atoms with Gasteiger partial charge >= 0.3 is 5.97 Å². The lowest BCUT2D eigenvalue weighted by Crippen LogP contribution is -2.42. The third kappa shape index (κ3) is 3.93. The summed E-state index contributed by atoms with van der Waals surface area (Å²) in [5, 5.41) is 8.88. The highest BCUT2D eigenvalue weighted by Crippen LogP contribution is 2.26. The maximum Gasteiger partial charge on any atom is 0.303 e. The minimum atomic E-state index is -0.799. The highest BCUT2D eigenvalue weighted by atomic mass is 16.4. The molecule has 21 heavy (non-hydrogen) atoms. The summed E-state index contributed by atoms with van der Waals surface area (Å²) in [6.07, 6.45) is 3.38. The minimum absolute atomic E-state index is 0.0497. The van der Waals surface area contributed by atoms with Crippen molar-refractivity contribution in [2.24, 2.45) is 11.8 Å². The van der Waals surface area contributed by atoms with Crippen LogP contribution < -0.4 is 5.56 Å². The minimum Gasteiger partial charge on any atom is -0.481 e. The highest BCUT2D eigenvalue weighted by molar-refractivity contribution is 5.93. The van der Waals surface area contributed by atoms with E-state index >= 15 is 0 Å². The van der Waals surface area contributed by atoms with Crippen molar-refractivity contribution in [1.82, 2.24) is 9.88 Å². The Morgan fingerprint density at radius 1 is 1.48 bits per heavy atom. The summed E-state index contributed by atoms with van der Waals surface area (Å²) in [7, 11) is 0. The normalized spacial score (nSPS) is 20.0. The summed E-state index contributed by atoms with van der Waals surface area (Å²) in [5.41, 5.74) is 0.222. The van der Waals surface area contributed by atoms with Gasteiger partial charge in [0.1, 0.15) is 0 Å². The Labute approximate surface area is 122 Å². The van der Waals surface area contributed by atoms with E-state index in [9.17, 15) is 14.4 Å². The average Bonchev–Trinajstić information content (AvgIpc) is 2.47. The number of H-pyrrole nitrogens is 1. The largest absolute Gasteiger partial charge is 0.481 e. The third-order valence-electron chi connectivity index (χ3n) is 4.08. The van der Waals surface area contributed by atoms with E-state index in [1.807, 2.05) is 6.92 Å². The van der Waals surface area contributed by atoms with E-state index in [0.29, 0.717) is 18.7 Å². The van der Waals surface area contributed by atoms with Crippen LogP contribution in [0.15, 0.2) is 23.1 Å². The molecule has 1 fully saturated rings. The Morgan fingerprint density at radius 3 is 2.86 bits per heavy atom. The van der Waals surface area contributed by atoms with Crippen LogP contribution in [0.4, 0.5) is 0 Å². The zero-order valence-corrected chi connectivity index (χ0v) is 12.0. The van der Waals surface area contributed by atoms with Gasteiger partial charge in [0, 0.05) is 31.8 Å². The van der Waals surface area contributed by atoms with Crippen LogP contribution in [0.3, 0.4) is 0 Å². The first-order chi connectivity index (χ1) is 9.97. The number of carboxylic acids is 1. The molecule has 114 valence electrons. The number of rotatable bonds is 4. The number of likely N-dealkylation sites (tertiary alicyclic amines) is 1. The molecule has 2 atom stereocenters. The molecule has 1 aliphatic rings. The SMILES string of the molecule is CC(CC(=O)O)C1CCCN(C(=O)c2ccc(=O)[nH]c2)C1. The van der Waals surface area contributed by atoms with Gasteiger partial charge in [-0.3, -0.25) is 14.4 Å². The van der Waals surface area contributed by atoms with Crippen LogP contribution in [0.2, 0.25) is 0 Å². The molecule has 0 saturated carbocycles. The van der Waals surface area contributed by atoms with Gasteiger partial charge in [-0.05, 0) is 30.7 Å². The number of nitrogens with zero attached hydrogens (tertiary/aromatic N) is 1. The number of aromatic nitrogens is 1. The first-order valence-corrected chi connectivity index (χ1v) is 7.17. The Bertz CT molecular complexity index is 561. The highest BCUT2D eigenvalue weighted by Gasteiger charge is 2.28. The monoisotopic (exact) mass is 292 g/mol. The van der Waals surface area contributed by atoms with Crippen molar-refractivity contribution in [3.05, 3.63) is 34.2 Å². The molecule has 2 unspecified atom stereocenters. The Kier molecular flexibility index (Phi) is 4.77.